The maximum atomic E-state index is 10.8. The van der Waals surface area contributed by atoms with Crippen LogP contribution in [0.2, 0.25) is 0 Å². The lowest BCUT2D eigenvalue weighted by Crippen LogP contribution is -2.15. The molecule has 0 aliphatic carbocycles. The minimum Gasteiger partial charge on any atom is -0.494 e. The van der Waals surface area contributed by atoms with Gasteiger partial charge in [0, 0.05) is 0 Å². The summed E-state index contributed by atoms with van der Waals surface area (Å²) in [4.78, 5) is 10.8. The van der Waals surface area contributed by atoms with Crippen LogP contribution in [-0.2, 0) is 4.79 Å². The first-order chi connectivity index (χ1) is 8.04. The van der Waals surface area contributed by atoms with Crippen molar-refractivity contribution in [3.63, 3.8) is 0 Å². The average Bonchev–Trinajstić information content (AvgIpc) is 2.28. The first kappa shape index (κ1) is 13.6. The molecule has 0 saturated carbocycles. The van der Waals surface area contributed by atoms with Crippen molar-refractivity contribution >= 4 is 5.97 Å². The summed E-state index contributed by atoms with van der Waals surface area (Å²) >= 11 is 0. The van der Waals surface area contributed by atoms with Crippen LogP contribution >= 0.6 is 0 Å². The molecule has 0 aliphatic rings. The SMILES string of the molecule is CCC(CCOc1ccc(C)c(C)c1)C(=O)O. The zero-order valence-electron chi connectivity index (χ0n) is 10.7. The molecule has 0 bridgehead atoms. The van der Waals surface area contributed by atoms with Crippen molar-refractivity contribution in [3.05, 3.63) is 29.3 Å². The summed E-state index contributed by atoms with van der Waals surface area (Å²) in [5.41, 5.74) is 2.42. The van der Waals surface area contributed by atoms with Gasteiger partial charge in [0.1, 0.15) is 5.75 Å². The molecule has 0 fully saturated rings. The summed E-state index contributed by atoms with van der Waals surface area (Å²) in [5, 5.41) is 8.90. The Morgan fingerprint density at radius 1 is 1.35 bits per heavy atom. The highest BCUT2D eigenvalue weighted by Gasteiger charge is 2.14. The minimum atomic E-state index is -0.740. The topological polar surface area (TPSA) is 46.5 Å². The van der Waals surface area contributed by atoms with Gasteiger partial charge in [-0.3, -0.25) is 4.79 Å². The van der Waals surface area contributed by atoms with E-state index in [4.69, 9.17) is 9.84 Å². The van der Waals surface area contributed by atoms with Crippen molar-refractivity contribution < 1.29 is 14.6 Å². The second-order valence-corrected chi connectivity index (χ2v) is 4.33. The van der Waals surface area contributed by atoms with E-state index in [2.05, 4.69) is 6.92 Å². The summed E-state index contributed by atoms with van der Waals surface area (Å²) in [6.45, 7) is 6.42. The molecule has 0 spiro atoms. The number of aryl methyl sites for hydroxylation is 2. The Morgan fingerprint density at radius 3 is 2.59 bits per heavy atom. The fraction of sp³-hybridized carbons (Fsp3) is 0.500. The van der Waals surface area contributed by atoms with Gasteiger partial charge in [0.2, 0.25) is 0 Å². The lowest BCUT2D eigenvalue weighted by atomic mass is 10.0. The molecular weight excluding hydrogens is 216 g/mol. The molecule has 17 heavy (non-hydrogen) atoms. The molecule has 94 valence electrons. The number of hydrogen-bond acceptors (Lipinski definition) is 2. The highest BCUT2D eigenvalue weighted by Crippen LogP contribution is 2.17. The maximum Gasteiger partial charge on any atom is 0.306 e. The number of carboxylic acids is 1. The van der Waals surface area contributed by atoms with E-state index in [0.717, 1.165) is 5.75 Å². The van der Waals surface area contributed by atoms with Crippen LogP contribution in [0.25, 0.3) is 0 Å². The molecule has 1 aromatic rings. The molecule has 1 aromatic carbocycles. The number of rotatable bonds is 6. The Hall–Kier alpha value is -1.51. The summed E-state index contributed by atoms with van der Waals surface area (Å²) in [6.07, 6.45) is 1.20. The van der Waals surface area contributed by atoms with Crippen molar-refractivity contribution in [2.45, 2.75) is 33.6 Å². The fourth-order valence-corrected chi connectivity index (χ4v) is 1.62. The highest BCUT2D eigenvalue weighted by molar-refractivity contribution is 5.69. The number of hydrogen-bond donors (Lipinski definition) is 1. The van der Waals surface area contributed by atoms with Crippen LogP contribution in [-0.4, -0.2) is 17.7 Å². The molecule has 1 rings (SSSR count). The van der Waals surface area contributed by atoms with Crippen molar-refractivity contribution in [2.75, 3.05) is 6.61 Å². The van der Waals surface area contributed by atoms with Gasteiger partial charge < -0.3 is 9.84 Å². The molecule has 1 N–H and O–H groups in total. The summed E-state index contributed by atoms with van der Waals surface area (Å²) < 4.78 is 5.56. The predicted octanol–water partition coefficient (Wildman–Crippen LogP) is 3.18. The maximum absolute atomic E-state index is 10.8. The highest BCUT2D eigenvalue weighted by atomic mass is 16.5. The lowest BCUT2D eigenvalue weighted by Gasteiger charge is -2.11. The summed E-state index contributed by atoms with van der Waals surface area (Å²) in [5.74, 6) is -0.230. The summed E-state index contributed by atoms with van der Waals surface area (Å²) in [7, 11) is 0. The van der Waals surface area contributed by atoms with Gasteiger partial charge in [-0.25, -0.2) is 0 Å². The van der Waals surface area contributed by atoms with Crippen LogP contribution in [0.3, 0.4) is 0 Å². The van der Waals surface area contributed by atoms with Gasteiger partial charge in [-0.15, -0.1) is 0 Å². The summed E-state index contributed by atoms with van der Waals surface area (Å²) in [6, 6.07) is 5.92. The molecular formula is C14H20O3. The van der Waals surface area contributed by atoms with Gasteiger partial charge >= 0.3 is 5.97 Å². The molecule has 0 aromatic heterocycles. The molecule has 0 saturated heterocycles. The van der Waals surface area contributed by atoms with Crippen LogP contribution in [0, 0.1) is 19.8 Å². The molecule has 0 radical (unpaired) electrons. The Bertz CT molecular complexity index is 385. The van der Waals surface area contributed by atoms with E-state index >= 15 is 0 Å². The first-order valence-corrected chi connectivity index (χ1v) is 5.97. The standard InChI is InChI=1S/C14H20O3/c1-4-12(14(15)16)7-8-17-13-6-5-10(2)11(3)9-13/h5-6,9,12H,4,7-8H2,1-3H3,(H,15,16). The molecule has 3 nitrogen and oxygen atoms in total. The monoisotopic (exact) mass is 236 g/mol. The average molecular weight is 236 g/mol. The Morgan fingerprint density at radius 2 is 2.06 bits per heavy atom. The fourth-order valence-electron chi connectivity index (χ4n) is 1.62. The molecule has 1 atom stereocenters. The second-order valence-electron chi connectivity index (χ2n) is 4.33. The van der Waals surface area contributed by atoms with Crippen LogP contribution in [0.5, 0.6) is 5.75 Å². The van der Waals surface area contributed by atoms with Gasteiger partial charge in [0.25, 0.3) is 0 Å². The molecule has 1 unspecified atom stereocenters. The van der Waals surface area contributed by atoms with E-state index < -0.39 is 5.97 Å². The first-order valence-electron chi connectivity index (χ1n) is 5.97. The van der Waals surface area contributed by atoms with Crippen LogP contribution < -0.4 is 4.74 Å². The zero-order chi connectivity index (χ0) is 12.8. The Kier molecular flexibility index (Phi) is 5.01. The van der Waals surface area contributed by atoms with E-state index in [9.17, 15) is 4.79 Å². The normalized spacial score (nSPS) is 12.2. The van der Waals surface area contributed by atoms with Gasteiger partial charge in [0.05, 0.1) is 12.5 Å². The van der Waals surface area contributed by atoms with E-state index in [1.165, 1.54) is 11.1 Å². The quantitative estimate of drug-likeness (QED) is 0.825. The van der Waals surface area contributed by atoms with E-state index in [1.54, 1.807) is 0 Å². The van der Waals surface area contributed by atoms with Crippen molar-refractivity contribution in [1.82, 2.24) is 0 Å². The van der Waals surface area contributed by atoms with Gasteiger partial charge in [-0.1, -0.05) is 13.0 Å². The Balaban J connectivity index is 2.45. The number of aliphatic carboxylic acids is 1. The number of carboxylic acid groups (broad SMARTS) is 1. The molecule has 3 heteroatoms. The van der Waals surface area contributed by atoms with Gasteiger partial charge in [0.15, 0.2) is 0 Å². The number of carbonyl (C=O) groups is 1. The molecule has 0 heterocycles. The third kappa shape index (κ3) is 4.10. The molecule has 0 amide bonds. The second kappa shape index (κ2) is 6.28. The third-order valence-electron chi connectivity index (χ3n) is 3.06. The largest absolute Gasteiger partial charge is 0.494 e. The third-order valence-corrected chi connectivity index (χ3v) is 3.06. The smallest absolute Gasteiger partial charge is 0.306 e. The van der Waals surface area contributed by atoms with Crippen molar-refractivity contribution in [2.24, 2.45) is 5.92 Å². The van der Waals surface area contributed by atoms with Crippen LogP contribution in [0.4, 0.5) is 0 Å². The lowest BCUT2D eigenvalue weighted by molar-refractivity contribution is -0.142. The van der Waals surface area contributed by atoms with E-state index in [0.29, 0.717) is 19.4 Å². The van der Waals surface area contributed by atoms with Crippen LogP contribution in [0.1, 0.15) is 30.9 Å². The van der Waals surface area contributed by atoms with Crippen LogP contribution in [0.15, 0.2) is 18.2 Å². The van der Waals surface area contributed by atoms with E-state index in [1.807, 2.05) is 32.0 Å². The molecule has 0 aliphatic heterocycles. The Labute approximate surface area is 102 Å². The minimum absolute atomic E-state index is 0.304. The predicted molar refractivity (Wildman–Crippen MR) is 67.4 cm³/mol. The zero-order valence-corrected chi connectivity index (χ0v) is 10.7. The number of benzene rings is 1. The van der Waals surface area contributed by atoms with Crippen molar-refractivity contribution in [1.29, 1.82) is 0 Å². The van der Waals surface area contributed by atoms with E-state index in [-0.39, 0.29) is 5.92 Å². The van der Waals surface area contributed by atoms with Gasteiger partial charge in [-0.2, -0.15) is 0 Å². The van der Waals surface area contributed by atoms with Crippen molar-refractivity contribution in [3.8, 4) is 5.75 Å². The van der Waals surface area contributed by atoms with Gasteiger partial charge in [-0.05, 0) is 49.9 Å². The number of ether oxygens (including phenoxy) is 1.